The van der Waals surface area contributed by atoms with Crippen LogP contribution in [0.4, 0.5) is 5.13 Å². The van der Waals surface area contributed by atoms with E-state index in [-0.39, 0.29) is 12.5 Å². The second-order valence-electron chi connectivity index (χ2n) is 6.32. The van der Waals surface area contributed by atoms with E-state index in [1.54, 1.807) is 26.4 Å². The standard InChI is InChI=1S/C20H17ClN4O3S2/c1-10-15-18(28-3)23-14(8-27-2)24-19(15)30-16(10)17(26)25-20-22-13(9-29-20)11-4-6-12(21)7-5-11/h4-7,9H,8H2,1-3H3,(H,22,25,26). The highest BCUT2D eigenvalue weighted by atomic mass is 35.5. The lowest BCUT2D eigenvalue weighted by molar-refractivity contribution is 0.103. The molecule has 3 aromatic heterocycles. The number of nitrogens with zero attached hydrogens (tertiary/aromatic N) is 3. The number of methoxy groups -OCH3 is 2. The summed E-state index contributed by atoms with van der Waals surface area (Å²) in [5, 5.41) is 6.67. The van der Waals surface area contributed by atoms with Gasteiger partial charge in [0.25, 0.3) is 5.91 Å². The fraction of sp³-hybridized carbons (Fsp3) is 0.200. The number of aromatic nitrogens is 3. The number of halogens is 1. The number of anilines is 1. The molecule has 4 aromatic rings. The Balaban J connectivity index is 1.62. The van der Waals surface area contributed by atoms with Crippen LogP contribution in [0.5, 0.6) is 5.88 Å². The van der Waals surface area contributed by atoms with E-state index in [9.17, 15) is 4.79 Å². The van der Waals surface area contributed by atoms with E-state index >= 15 is 0 Å². The number of aryl methyl sites for hydroxylation is 1. The number of hydrogen-bond acceptors (Lipinski definition) is 8. The number of carbonyl (C=O) groups excluding carboxylic acids is 1. The summed E-state index contributed by atoms with van der Waals surface area (Å²) in [6.07, 6.45) is 0. The molecule has 0 aliphatic carbocycles. The normalized spacial score (nSPS) is 11.1. The smallest absolute Gasteiger partial charge is 0.267 e. The highest BCUT2D eigenvalue weighted by molar-refractivity contribution is 7.21. The molecule has 0 saturated heterocycles. The predicted molar refractivity (Wildman–Crippen MR) is 120 cm³/mol. The summed E-state index contributed by atoms with van der Waals surface area (Å²) >= 11 is 8.59. The van der Waals surface area contributed by atoms with Crippen molar-refractivity contribution in [3.05, 3.63) is 50.9 Å². The lowest BCUT2D eigenvalue weighted by Gasteiger charge is -2.05. The maximum atomic E-state index is 12.9. The van der Waals surface area contributed by atoms with E-state index in [4.69, 9.17) is 21.1 Å². The third kappa shape index (κ3) is 4.01. The predicted octanol–water partition coefficient (Wildman–Crippen LogP) is 5.18. The van der Waals surface area contributed by atoms with Gasteiger partial charge in [0, 0.05) is 23.1 Å². The number of benzene rings is 1. The Morgan fingerprint density at radius 2 is 1.93 bits per heavy atom. The van der Waals surface area contributed by atoms with E-state index in [0.29, 0.717) is 31.6 Å². The zero-order chi connectivity index (χ0) is 21.3. The second-order valence-corrected chi connectivity index (χ2v) is 8.61. The number of ether oxygens (including phenoxy) is 2. The van der Waals surface area contributed by atoms with Crippen LogP contribution < -0.4 is 10.1 Å². The zero-order valence-electron chi connectivity index (χ0n) is 16.4. The van der Waals surface area contributed by atoms with Crippen molar-refractivity contribution in [2.24, 2.45) is 0 Å². The van der Waals surface area contributed by atoms with Crippen LogP contribution in [-0.4, -0.2) is 35.1 Å². The molecule has 1 aromatic carbocycles. The van der Waals surface area contributed by atoms with Crippen LogP contribution in [0.3, 0.4) is 0 Å². The van der Waals surface area contributed by atoms with Crippen LogP contribution in [0.15, 0.2) is 29.6 Å². The quantitative estimate of drug-likeness (QED) is 0.426. The molecule has 1 amide bonds. The van der Waals surface area contributed by atoms with Crippen molar-refractivity contribution >= 4 is 55.5 Å². The minimum absolute atomic E-state index is 0.247. The topological polar surface area (TPSA) is 86.2 Å². The Bertz CT molecular complexity index is 1220. The molecule has 0 aliphatic heterocycles. The molecule has 0 aliphatic rings. The van der Waals surface area contributed by atoms with E-state index in [1.165, 1.54) is 22.7 Å². The second kappa shape index (κ2) is 8.65. The van der Waals surface area contributed by atoms with Crippen LogP contribution in [0.25, 0.3) is 21.5 Å². The summed E-state index contributed by atoms with van der Waals surface area (Å²) in [5.41, 5.74) is 2.47. The summed E-state index contributed by atoms with van der Waals surface area (Å²) in [7, 11) is 3.12. The molecule has 0 atom stereocenters. The summed E-state index contributed by atoms with van der Waals surface area (Å²) < 4.78 is 10.5. The molecule has 10 heteroatoms. The van der Waals surface area contributed by atoms with E-state index in [1.807, 2.05) is 24.4 Å². The summed E-state index contributed by atoms with van der Waals surface area (Å²) in [6, 6.07) is 7.39. The average Bonchev–Trinajstić information content (AvgIpc) is 3.33. The van der Waals surface area contributed by atoms with Crippen LogP contribution in [0.1, 0.15) is 21.1 Å². The molecule has 7 nitrogen and oxygen atoms in total. The monoisotopic (exact) mass is 460 g/mol. The maximum Gasteiger partial charge on any atom is 0.267 e. The number of thiazole rings is 1. The van der Waals surface area contributed by atoms with Gasteiger partial charge < -0.3 is 9.47 Å². The van der Waals surface area contributed by atoms with Crippen molar-refractivity contribution in [1.29, 1.82) is 0 Å². The van der Waals surface area contributed by atoms with Crippen LogP contribution in [-0.2, 0) is 11.3 Å². The first-order valence-electron chi connectivity index (χ1n) is 8.86. The van der Waals surface area contributed by atoms with E-state index < -0.39 is 0 Å². The Hall–Kier alpha value is -2.59. The molecule has 1 N–H and O–H groups in total. The molecule has 3 heterocycles. The van der Waals surface area contributed by atoms with Gasteiger partial charge in [-0.2, -0.15) is 4.98 Å². The number of nitrogens with one attached hydrogen (secondary N) is 1. The first-order chi connectivity index (χ1) is 14.5. The van der Waals surface area contributed by atoms with Crippen LogP contribution in [0.2, 0.25) is 5.02 Å². The van der Waals surface area contributed by atoms with Gasteiger partial charge in [-0.05, 0) is 24.6 Å². The first kappa shape index (κ1) is 20.7. The lowest BCUT2D eigenvalue weighted by Crippen LogP contribution is -2.11. The van der Waals surface area contributed by atoms with Gasteiger partial charge in [0.05, 0.1) is 23.1 Å². The lowest BCUT2D eigenvalue weighted by atomic mass is 10.2. The molecule has 0 unspecified atom stereocenters. The molecule has 0 spiro atoms. The molecule has 4 rings (SSSR count). The van der Waals surface area contributed by atoms with Crippen molar-refractivity contribution in [2.75, 3.05) is 19.5 Å². The third-order valence-corrected chi connectivity index (χ3v) is 6.54. The number of amides is 1. The van der Waals surface area contributed by atoms with Crippen molar-refractivity contribution in [3.8, 4) is 17.1 Å². The Morgan fingerprint density at radius 1 is 1.17 bits per heavy atom. The van der Waals surface area contributed by atoms with Crippen LogP contribution >= 0.6 is 34.3 Å². The average molecular weight is 461 g/mol. The van der Waals surface area contributed by atoms with Crippen LogP contribution in [0, 0.1) is 6.92 Å². The Labute approximate surface area is 185 Å². The Kier molecular flexibility index (Phi) is 5.96. The van der Waals surface area contributed by atoms with Gasteiger partial charge >= 0.3 is 0 Å². The van der Waals surface area contributed by atoms with Gasteiger partial charge in [-0.1, -0.05) is 23.7 Å². The number of hydrogen-bond donors (Lipinski definition) is 1. The van der Waals surface area contributed by atoms with E-state index in [2.05, 4.69) is 20.3 Å². The molecule has 0 saturated carbocycles. The van der Waals surface area contributed by atoms with Crippen molar-refractivity contribution in [2.45, 2.75) is 13.5 Å². The molecule has 30 heavy (non-hydrogen) atoms. The Morgan fingerprint density at radius 3 is 2.63 bits per heavy atom. The van der Waals surface area contributed by atoms with Crippen molar-refractivity contribution < 1.29 is 14.3 Å². The largest absolute Gasteiger partial charge is 0.480 e. The molecular formula is C20H17ClN4O3S2. The number of fused-ring (bicyclic) bond motifs is 1. The van der Waals surface area contributed by atoms with Gasteiger partial charge in [-0.15, -0.1) is 22.7 Å². The highest BCUT2D eigenvalue weighted by Gasteiger charge is 2.22. The SMILES string of the molecule is COCc1nc(OC)c2c(C)c(C(=O)Nc3nc(-c4ccc(Cl)cc4)cs3)sc2n1. The third-order valence-electron chi connectivity index (χ3n) is 4.34. The number of carbonyl (C=O) groups is 1. The summed E-state index contributed by atoms with van der Waals surface area (Å²) in [5.74, 6) is 0.685. The van der Waals surface area contributed by atoms with Gasteiger partial charge in [0.2, 0.25) is 5.88 Å². The minimum Gasteiger partial charge on any atom is -0.480 e. The molecule has 154 valence electrons. The number of rotatable bonds is 6. The van der Waals surface area contributed by atoms with Gasteiger partial charge in [0.15, 0.2) is 11.0 Å². The van der Waals surface area contributed by atoms with Gasteiger partial charge in [0.1, 0.15) is 11.4 Å². The summed E-state index contributed by atoms with van der Waals surface area (Å²) in [6.45, 7) is 2.12. The molecular weight excluding hydrogens is 444 g/mol. The maximum absolute atomic E-state index is 12.9. The molecule has 0 radical (unpaired) electrons. The molecule has 0 bridgehead atoms. The fourth-order valence-corrected chi connectivity index (χ4v) is 4.87. The van der Waals surface area contributed by atoms with Crippen molar-refractivity contribution in [3.63, 3.8) is 0 Å². The molecule has 0 fully saturated rings. The fourth-order valence-electron chi connectivity index (χ4n) is 2.94. The first-order valence-corrected chi connectivity index (χ1v) is 10.9. The van der Waals surface area contributed by atoms with Gasteiger partial charge in [-0.3, -0.25) is 10.1 Å². The van der Waals surface area contributed by atoms with E-state index in [0.717, 1.165) is 22.2 Å². The summed E-state index contributed by atoms with van der Waals surface area (Å²) in [4.78, 5) is 27.5. The van der Waals surface area contributed by atoms with Crippen molar-refractivity contribution in [1.82, 2.24) is 15.0 Å². The van der Waals surface area contributed by atoms with Gasteiger partial charge in [-0.25, -0.2) is 9.97 Å². The zero-order valence-corrected chi connectivity index (χ0v) is 18.7. The highest BCUT2D eigenvalue weighted by Crippen LogP contribution is 2.36. The minimum atomic E-state index is -0.247. The number of thiophene rings is 1.